The van der Waals surface area contributed by atoms with Crippen molar-refractivity contribution in [3.05, 3.63) is 0 Å². The van der Waals surface area contributed by atoms with Crippen LogP contribution in [0, 0.1) is 0 Å². The van der Waals surface area contributed by atoms with E-state index in [1.165, 1.54) is 96.3 Å². The summed E-state index contributed by atoms with van der Waals surface area (Å²) in [7, 11) is 0. The van der Waals surface area contributed by atoms with E-state index in [1.54, 1.807) is 0 Å². The van der Waals surface area contributed by atoms with Crippen molar-refractivity contribution in [2.24, 2.45) is 0 Å². The first-order valence-corrected chi connectivity index (χ1v) is 23.4. The Morgan fingerprint density at radius 2 is 0.293 bits per heavy atom. The van der Waals surface area contributed by atoms with Crippen LogP contribution in [0.5, 0.6) is 0 Å². The van der Waals surface area contributed by atoms with Gasteiger partial charge in [-0.1, -0.05) is 110 Å². The molecule has 0 unspecified atom stereocenters. The van der Waals surface area contributed by atoms with Gasteiger partial charge < -0.3 is 61.6 Å². The lowest BCUT2D eigenvalue weighted by atomic mass is 10.0. The highest BCUT2D eigenvalue weighted by molar-refractivity contribution is 4.50. The third kappa shape index (κ3) is 55.5. The maximum atomic E-state index is 5.70. The molecule has 13 heteroatoms. The molecule has 0 saturated carbocycles. The number of hydrogen-bond acceptors (Lipinski definition) is 13. The van der Waals surface area contributed by atoms with Gasteiger partial charge in [-0.05, 0) is 12.8 Å². The maximum Gasteiger partial charge on any atom is 0.0701 e. The Bertz CT molecular complexity index is 639. The SMILES string of the molecule is CCCCCCCCCCCCCCCCCCOCCOCCOCCOCCOCCOCCOCCOCCOCCOCCOCCOCCOCCC. The predicted octanol–water partition coefficient (Wildman–Crippen LogP) is 7.87. The Balaban J connectivity index is 3.05. The molecule has 0 N–H and O–H groups in total. The van der Waals surface area contributed by atoms with E-state index in [-0.39, 0.29) is 0 Å². The monoisotopic (exact) mass is 841 g/mol. The molecule has 0 spiro atoms. The van der Waals surface area contributed by atoms with E-state index in [4.69, 9.17) is 61.6 Å². The average molecular weight is 841 g/mol. The third-order valence-electron chi connectivity index (χ3n) is 8.95. The van der Waals surface area contributed by atoms with Crippen LogP contribution in [0.25, 0.3) is 0 Å². The van der Waals surface area contributed by atoms with Gasteiger partial charge in [0, 0.05) is 13.2 Å². The molecule has 0 saturated heterocycles. The fraction of sp³-hybridized carbons (Fsp3) is 1.00. The number of ether oxygens (including phenoxy) is 13. The summed E-state index contributed by atoms with van der Waals surface area (Å²) in [5, 5.41) is 0. The highest BCUT2D eigenvalue weighted by Crippen LogP contribution is 2.13. The van der Waals surface area contributed by atoms with Crippen molar-refractivity contribution < 1.29 is 61.6 Å². The Morgan fingerprint density at radius 3 is 0.483 bits per heavy atom. The van der Waals surface area contributed by atoms with Crippen molar-refractivity contribution in [1.82, 2.24) is 0 Å². The minimum absolute atomic E-state index is 0.517. The van der Waals surface area contributed by atoms with Gasteiger partial charge in [0.25, 0.3) is 0 Å². The first-order chi connectivity index (χ1) is 28.9. The quantitative estimate of drug-likeness (QED) is 0.0553. The van der Waals surface area contributed by atoms with Crippen LogP contribution in [-0.2, 0) is 61.6 Å². The first-order valence-electron chi connectivity index (χ1n) is 23.4. The molecule has 0 aromatic rings. The van der Waals surface area contributed by atoms with Gasteiger partial charge in [-0.3, -0.25) is 0 Å². The van der Waals surface area contributed by atoms with Gasteiger partial charge in [0.2, 0.25) is 0 Å². The summed E-state index contributed by atoms with van der Waals surface area (Å²) in [5.41, 5.74) is 0. The van der Waals surface area contributed by atoms with Gasteiger partial charge in [0.15, 0.2) is 0 Å². The van der Waals surface area contributed by atoms with Crippen LogP contribution in [0.1, 0.15) is 123 Å². The molecule has 0 atom stereocenters. The highest BCUT2D eigenvalue weighted by Gasteiger charge is 1.99. The van der Waals surface area contributed by atoms with E-state index in [1.807, 2.05) is 0 Å². The van der Waals surface area contributed by atoms with Gasteiger partial charge in [-0.15, -0.1) is 0 Å². The third-order valence-corrected chi connectivity index (χ3v) is 8.95. The van der Waals surface area contributed by atoms with Crippen molar-refractivity contribution in [2.45, 2.75) is 123 Å². The largest absolute Gasteiger partial charge is 0.379 e. The van der Waals surface area contributed by atoms with Crippen LogP contribution in [0.2, 0.25) is 0 Å². The van der Waals surface area contributed by atoms with Crippen molar-refractivity contribution in [3.63, 3.8) is 0 Å². The zero-order chi connectivity index (χ0) is 41.6. The molecule has 13 nitrogen and oxygen atoms in total. The fourth-order valence-electron chi connectivity index (χ4n) is 5.64. The smallest absolute Gasteiger partial charge is 0.0701 e. The Hall–Kier alpha value is -0.520. The van der Waals surface area contributed by atoms with Crippen LogP contribution in [0.4, 0.5) is 0 Å². The lowest BCUT2D eigenvalue weighted by Gasteiger charge is -2.09. The molecule has 0 fully saturated rings. The van der Waals surface area contributed by atoms with Crippen LogP contribution >= 0.6 is 0 Å². The van der Waals surface area contributed by atoms with E-state index < -0.39 is 0 Å². The second-order valence-electron chi connectivity index (χ2n) is 14.3. The number of unbranched alkanes of at least 4 members (excludes halogenated alkanes) is 15. The molecule has 58 heavy (non-hydrogen) atoms. The summed E-state index contributed by atoms with van der Waals surface area (Å²) in [4.78, 5) is 0. The van der Waals surface area contributed by atoms with Crippen molar-refractivity contribution in [3.8, 4) is 0 Å². The summed E-state index contributed by atoms with van der Waals surface area (Å²) in [6, 6.07) is 0. The summed E-state index contributed by atoms with van der Waals surface area (Å²) < 4.78 is 71.6. The lowest BCUT2D eigenvalue weighted by molar-refractivity contribution is -0.0290. The molecule has 0 aromatic heterocycles. The highest BCUT2D eigenvalue weighted by atomic mass is 16.6. The van der Waals surface area contributed by atoms with E-state index in [2.05, 4.69) is 13.8 Å². The van der Waals surface area contributed by atoms with Gasteiger partial charge in [-0.2, -0.15) is 0 Å². The molecule has 0 radical (unpaired) electrons. The van der Waals surface area contributed by atoms with Gasteiger partial charge in [0.1, 0.15) is 0 Å². The van der Waals surface area contributed by atoms with Gasteiger partial charge in [0.05, 0.1) is 159 Å². The predicted molar refractivity (Wildman–Crippen MR) is 230 cm³/mol. The topological polar surface area (TPSA) is 120 Å². The molecule has 350 valence electrons. The molecule has 0 rings (SSSR count). The van der Waals surface area contributed by atoms with E-state index in [0.29, 0.717) is 159 Å². The maximum absolute atomic E-state index is 5.70. The zero-order valence-electron chi connectivity index (χ0n) is 37.7. The Labute approximate surface area is 355 Å². The summed E-state index contributed by atoms with van der Waals surface area (Å²) >= 11 is 0. The van der Waals surface area contributed by atoms with Gasteiger partial charge in [-0.25, -0.2) is 0 Å². The van der Waals surface area contributed by atoms with E-state index >= 15 is 0 Å². The molecular formula is C45H92O13. The van der Waals surface area contributed by atoms with Crippen LogP contribution in [-0.4, -0.2) is 172 Å². The lowest BCUT2D eigenvalue weighted by Crippen LogP contribution is -2.15. The first kappa shape index (κ1) is 57.5. The molecule has 0 amide bonds. The summed E-state index contributed by atoms with van der Waals surface area (Å²) in [6.07, 6.45) is 23.2. The minimum atomic E-state index is 0.517. The van der Waals surface area contributed by atoms with Crippen molar-refractivity contribution in [1.29, 1.82) is 0 Å². The van der Waals surface area contributed by atoms with E-state index in [9.17, 15) is 0 Å². The Kier molecular flexibility index (Phi) is 56.0. The Morgan fingerprint density at radius 1 is 0.138 bits per heavy atom. The van der Waals surface area contributed by atoms with Crippen molar-refractivity contribution >= 4 is 0 Å². The van der Waals surface area contributed by atoms with Crippen LogP contribution in [0.15, 0.2) is 0 Å². The van der Waals surface area contributed by atoms with Crippen LogP contribution < -0.4 is 0 Å². The molecule has 0 aliphatic rings. The average Bonchev–Trinajstić information content (AvgIpc) is 3.23. The molecular weight excluding hydrogens is 748 g/mol. The fourth-order valence-corrected chi connectivity index (χ4v) is 5.64. The molecule has 0 aromatic carbocycles. The summed E-state index contributed by atoms with van der Waals surface area (Å²) in [6.45, 7) is 19.2. The van der Waals surface area contributed by atoms with Gasteiger partial charge >= 0.3 is 0 Å². The van der Waals surface area contributed by atoms with E-state index in [0.717, 1.165) is 26.1 Å². The molecule has 0 aliphatic carbocycles. The number of rotatable bonds is 55. The normalized spacial score (nSPS) is 11.7. The summed E-state index contributed by atoms with van der Waals surface area (Å²) in [5.74, 6) is 0. The molecule has 0 heterocycles. The van der Waals surface area contributed by atoms with Crippen LogP contribution in [0.3, 0.4) is 0 Å². The molecule has 0 aliphatic heterocycles. The van der Waals surface area contributed by atoms with Crippen molar-refractivity contribution in [2.75, 3.05) is 172 Å². The zero-order valence-corrected chi connectivity index (χ0v) is 37.7. The standard InChI is InChI=1S/C45H92O13/c1-3-5-6-7-8-9-10-11-12-13-14-15-16-17-18-19-21-47-23-25-49-27-29-51-31-33-53-35-37-55-39-41-57-43-45-58-44-42-56-40-38-54-36-34-52-32-30-50-28-26-48-24-22-46-20-4-2/h3-45H2,1-2H3. The number of hydrogen-bond donors (Lipinski definition) is 0. The minimum Gasteiger partial charge on any atom is -0.379 e. The molecule has 0 bridgehead atoms. The second kappa shape index (κ2) is 56.5. The second-order valence-corrected chi connectivity index (χ2v) is 14.3.